The van der Waals surface area contributed by atoms with Crippen molar-refractivity contribution in [1.82, 2.24) is 0 Å². The lowest BCUT2D eigenvalue weighted by Crippen LogP contribution is -2.57. The van der Waals surface area contributed by atoms with Crippen molar-refractivity contribution in [2.45, 2.75) is 28.5 Å². The Bertz CT molecular complexity index is 167. The second-order valence-corrected chi connectivity index (χ2v) is 4.12. The summed E-state index contributed by atoms with van der Waals surface area (Å²) < 4.78 is 9.60. The second kappa shape index (κ2) is 4.85. The first kappa shape index (κ1) is 11.6. The summed E-state index contributed by atoms with van der Waals surface area (Å²) in [4.78, 5) is 0. The number of hydrogen-bond acceptors (Lipinski definition) is 5. The highest BCUT2D eigenvalue weighted by molar-refractivity contribution is 14.1. The zero-order chi connectivity index (χ0) is 10.0. The van der Waals surface area contributed by atoms with Gasteiger partial charge >= 0.3 is 0 Å². The molecule has 5 atom stereocenters. The Morgan fingerprint density at radius 1 is 1.38 bits per heavy atom. The number of aliphatic hydroxyl groups is 3. The van der Waals surface area contributed by atoms with Crippen molar-refractivity contribution in [2.24, 2.45) is 0 Å². The predicted octanol–water partition coefficient (Wildman–Crippen LogP) is -1.12. The number of alkyl halides is 1. The van der Waals surface area contributed by atoms with E-state index in [1.165, 1.54) is 7.11 Å². The molecule has 1 rings (SSSR count). The van der Waals surface area contributed by atoms with Crippen LogP contribution in [0.25, 0.3) is 0 Å². The highest BCUT2D eigenvalue weighted by Gasteiger charge is 2.43. The van der Waals surface area contributed by atoms with Crippen molar-refractivity contribution in [3.05, 3.63) is 0 Å². The molecule has 0 aromatic carbocycles. The van der Waals surface area contributed by atoms with E-state index >= 15 is 0 Å². The van der Waals surface area contributed by atoms with Gasteiger partial charge in [-0.05, 0) is 22.6 Å². The van der Waals surface area contributed by atoms with Gasteiger partial charge in [0.1, 0.15) is 28.5 Å². The fourth-order valence-corrected chi connectivity index (χ4v) is 2.11. The van der Waals surface area contributed by atoms with E-state index in [-0.39, 0.29) is 6.61 Å². The van der Waals surface area contributed by atoms with Crippen molar-refractivity contribution in [1.29, 1.82) is 0 Å². The molecule has 78 valence electrons. The summed E-state index contributed by atoms with van der Waals surface area (Å²) in [5.74, 6) is 0. The molecular weight excluding hydrogens is 291 g/mol. The molecule has 1 saturated heterocycles. The predicted molar refractivity (Wildman–Crippen MR) is 52.6 cm³/mol. The van der Waals surface area contributed by atoms with Crippen molar-refractivity contribution in [2.75, 3.05) is 13.7 Å². The van der Waals surface area contributed by atoms with E-state index in [4.69, 9.17) is 14.6 Å². The minimum Gasteiger partial charge on any atom is -0.394 e. The van der Waals surface area contributed by atoms with Crippen LogP contribution in [0.3, 0.4) is 0 Å². The van der Waals surface area contributed by atoms with Crippen LogP contribution in [-0.2, 0) is 9.47 Å². The average Bonchev–Trinajstić information content (AvgIpc) is 2.12. The van der Waals surface area contributed by atoms with E-state index in [1.54, 1.807) is 0 Å². The molecule has 0 spiro atoms. The van der Waals surface area contributed by atoms with Crippen LogP contribution in [-0.4, -0.2) is 57.6 Å². The Morgan fingerprint density at radius 2 is 2.00 bits per heavy atom. The summed E-state index contributed by atoms with van der Waals surface area (Å²) in [7, 11) is 1.40. The standard InChI is InChI=1S/C7H13IO5/c1-12-6-4(10)3(2-9)13-7(8)5(6)11/h3-7,9-11H,2H2,1H3. The first-order valence-corrected chi connectivity index (χ1v) is 5.15. The number of ether oxygens (including phenoxy) is 2. The Kier molecular flexibility index (Phi) is 4.33. The summed E-state index contributed by atoms with van der Waals surface area (Å²) in [6.07, 6.45) is -3.25. The quantitative estimate of drug-likeness (QED) is 0.445. The third-order valence-corrected chi connectivity index (χ3v) is 3.11. The lowest BCUT2D eigenvalue weighted by Gasteiger charge is -2.39. The monoisotopic (exact) mass is 304 g/mol. The molecule has 1 heterocycles. The zero-order valence-corrected chi connectivity index (χ0v) is 9.29. The second-order valence-electron chi connectivity index (χ2n) is 2.89. The molecule has 0 bridgehead atoms. The lowest BCUT2D eigenvalue weighted by molar-refractivity contribution is -0.209. The fraction of sp³-hybridized carbons (Fsp3) is 1.00. The van der Waals surface area contributed by atoms with E-state index in [9.17, 15) is 10.2 Å². The highest BCUT2D eigenvalue weighted by atomic mass is 127. The van der Waals surface area contributed by atoms with E-state index in [0.29, 0.717) is 0 Å². The van der Waals surface area contributed by atoms with Crippen LogP contribution in [0.15, 0.2) is 0 Å². The maximum atomic E-state index is 9.54. The SMILES string of the molecule is COC1C(O)C(I)OC(CO)C1O. The minimum atomic E-state index is -0.990. The third kappa shape index (κ3) is 2.31. The number of hydrogen-bond donors (Lipinski definition) is 3. The molecular formula is C7H13IO5. The van der Waals surface area contributed by atoms with Gasteiger partial charge in [0.2, 0.25) is 0 Å². The summed E-state index contributed by atoms with van der Waals surface area (Å²) in [6, 6.07) is 0. The molecule has 13 heavy (non-hydrogen) atoms. The molecule has 0 amide bonds. The number of methoxy groups -OCH3 is 1. The van der Waals surface area contributed by atoms with Gasteiger partial charge in [-0.15, -0.1) is 0 Å². The van der Waals surface area contributed by atoms with Gasteiger partial charge in [-0.2, -0.15) is 0 Å². The van der Waals surface area contributed by atoms with Crippen molar-refractivity contribution in [3.63, 3.8) is 0 Å². The van der Waals surface area contributed by atoms with E-state index in [1.807, 2.05) is 22.6 Å². The normalized spacial score (nSPS) is 46.4. The van der Waals surface area contributed by atoms with Gasteiger partial charge in [0.05, 0.1) is 6.61 Å². The summed E-state index contributed by atoms with van der Waals surface area (Å²) in [6.45, 7) is -0.284. The molecule has 6 heteroatoms. The molecule has 1 aliphatic heterocycles. The Balaban J connectivity index is 2.69. The van der Waals surface area contributed by atoms with Crippen LogP contribution in [0.1, 0.15) is 0 Å². The Hall–Kier alpha value is 0.530. The fourth-order valence-electron chi connectivity index (χ4n) is 1.32. The first-order chi connectivity index (χ1) is 6.11. The Morgan fingerprint density at radius 3 is 2.46 bits per heavy atom. The summed E-state index contributed by atoms with van der Waals surface area (Å²) in [5, 5.41) is 27.9. The number of rotatable bonds is 2. The van der Waals surface area contributed by atoms with E-state index in [2.05, 4.69) is 0 Å². The lowest BCUT2D eigenvalue weighted by atomic mass is 10.0. The van der Waals surface area contributed by atoms with E-state index < -0.39 is 28.5 Å². The smallest absolute Gasteiger partial charge is 0.137 e. The van der Waals surface area contributed by atoms with Crippen molar-refractivity contribution < 1.29 is 24.8 Å². The van der Waals surface area contributed by atoms with Gasteiger partial charge in [0.15, 0.2) is 0 Å². The minimum absolute atomic E-state index is 0.284. The summed E-state index contributed by atoms with van der Waals surface area (Å²) >= 11 is 1.90. The van der Waals surface area contributed by atoms with Crippen molar-refractivity contribution in [3.8, 4) is 0 Å². The molecule has 0 aromatic rings. The van der Waals surface area contributed by atoms with Crippen LogP contribution in [0, 0.1) is 0 Å². The molecule has 3 N–H and O–H groups in total. The maximum absolute atomic E-state index is 9.54. The topological polar surface area (TPSA) is 79.2 Å². The molecule has 5 unspecified atom stereocenters. The molecule has 5 nitrogen and oxygen atoms in total. The largest absolute Gasteiger partial charge is 0.394 e. The zero-order valence-electron chi connectivity index (χ0n) is 7.13. The molecule has 0 radical (unpaired) electrons. The van der Waals surface area contributed by atoms with Gasteiger partial charge in [-0.3, -0.25) is 0 Å². The molecule has 0 saturated carbocycles. The molecule has 0 aliphatic carbocycles. The van der Waals surface area contributed by atoms with Crippen molar-refractivity contribution >= 4 is 22.6 Å². The van der Waals surface area contributed by atoms with Crippen LogP contribution in [0.2, 0.25) is 0 Å². The van der Waals surface area contributed by atoms with Gasteiger partial charge in [-0.25, -0.2) is 0 Å². The van der Waals surface area contributed by atoms with Gasteiger partial charge < -0.3 is 24.8 Å². The summed E-state index contributed by atoms with van der Waals surface area (Å²) in [5.41, 5.74) is 0. The van der Waals surface area contributed by atoms with Gasteiger partial charge in [-0.1, -0.05) is 0 Å². The van der Waals surface area contributed by atoms with E-state index in [0.717, 1.165) is 0 Å². The van der Waals surface area contributed by atoms with Gasteiger partial charge in [0, 0.05) is 7.11 Å². The molecule has 1 aliphatic rings. The maximum Gasteiger partial charge on any atom is 0.137 e. The highest BCUT2D eigenvalue weighted by Crippen LogP contribution is 2.26. The number of halogens is 1. The van der Waals surface area contributed by atoms with Crippen LogP contribution in [0.4, 0.5) is 0 Å². The number of aliphatic hydroxyl groups excluding tert-OH is 3. The van der Waals surface area contributed by atoms with Crippen LogP contribution < -0.4 is 0 Å². The van der Waals surface area contributed by atoms with Crippen LogP contribution >= 0.6 is 22.6 Å². The van der Waals surface area contributed by atoms with Gasteiger partial charge in [0.25, 0.3) is 0 Å². The molecule has 1 fully saturated rings. The average molecular weight is 304 g/mol. The molecule has 0 aromatic heterocycles. The van der Waals surface area contributed by atoms with Crippen LogP contribution in [0.5, 0.6) is 0 Å². The first-order valence-electron chi connectivity index (χ1n) is 3.91. The third-order valence-electron chi connectivity index (χ3n) is 2.08. The Labute approximate surface area is 89.8 Å².